The van der Waals surface area contributed by atoms with Crippen molar-refractivity contribution < 1.29 is 13.9 Å². The second-order valence-corrected chi connectivity index (χ2v) is 6.28. The van der Waals surface area contributed by atoms with Crippen molar-refractivity contribution in [2.45, 2.75) is 19.4 Å². The summed E-state index contributed by atoms with van der Waals surface area (Å²) in [5.41, 5.74) is -0.308. The first-order chi connectivity index (χ1) is 9.95. The summed E-state index contributed by atoms with van der Waals surface area (Å²) in [7, 11) is 0. The zero-order valence-electron chi connectivity index (χ0n) is 11.7. The summed E-state index contributed by atoms with van der Waals surface area (Å²) in [4.78, 5) is 12.4. The summed E-state index contributed by atoms with van der Waals surface area (Å²) in [5.74, 6) is 0.0884. The maximum absolute atomic E-state index is 12.4. The van der Waals surface area contributed by atoms with Gasteiger partial charge in [0.1, 0.15) is 5.76 Å². The molecule has 1 heterocycles. The largest absolute Gasteiger partial charge is 0.464 e. The zero-order chi connectivity index (χ0) is 15.5. The van der Waals surface area contributed by atoms with E-state index in [0.29, 0.717) is 17.0 Å². The number of anilines is 1. The van der Waals surface area contributed by atoms with Crippen molar-refractivity contribution in [1.82, 2.24) is 0 Å². The lowest BCUT2D eigenvalue weighted by Gasteiger charge is -2.27. The third-order valence-corrected chi connectivity index (χ3v) is 3.94. The summed E-state index contributed by atoms with van der Waals surface area (Å²) in [6.07, 6.45) is 0. The first-order valence-electron chi connectivity index (χ1n) is 6.42. The van der Waals surface area contributed by atoms with E-state index in [1.807, 2.05) is 24.3 Å². The molecule has 1 N–H and O–H groups in total. The van der Waals surface area contributed by atoms with E-state index in [4.69, 9.17) is 9.15 Å². The highest BCUT2D eigenvalue weighted by Gasteiger charge is 2.40. The van der Waals surface area contributed by atoms with Crippen LogP contribution in [0.1, 0.15) is 19.6 Å². The molecule has 0 fully saturated rings. The topological polar surface area (TPSA) is 51.5 Å². The van der Waals surface area contributed by atoms with Crippen LogP contribution in [0.15, 0.2) is 50.0 Å². The van der Waals surface area contributed by atoms with Gasteiger partial charge in [0.25, 0.3) is 0 Å². The number of ether oxygens (including phenoxy) is 1. The van der Waals surface area contributed by atoms with Crippen molar-refractivity contribution in [3.8, 4) is 0 Å². The second kappa shape index (κ2) is 6.66. The molecule has 1 atom stereocenters. The van der Waals surface area contributed by atoms with E-state index in [-0.39, 0.29) is 0 Å². The molecule has 0 spiro atoms. The lowest BCUT2D eigenvalue weighted by atomic mass is 9.98. The minimum Gasteiger partial charge on any atom is -0.464 e. The molecule has 1 aromatic carbocycles. The fourth-order valence-corrected chi connectivity index (χ4v) is 2.46. The summed E-state index contributed by atoms with van der Waals surface area (Å²) in [5, 5.41) is 3.19. The SMILES string of the molecule is CCOC(=O)C(C)(Nc1ccc(Br)cc1)c1ccc(Br)o1. The highest BCUT2D eigenvalue weighted by molar-refractivity contribution is 9.10. The predicted molar refractivity (Wildman–Crippen MR) is 88.2 cm³/mol. The maximum atomic E-state index is 12.4. The van der Waals surface area contributed by atoms with Crippen LogP contribution in [0.2, 0.25) is 0 Å². The fraction of sp³-hybridized carbons (Fsp3) is 0.267. The van der Waals surface area contributed by atoms with E-state index in [0.717, 1.165) is 10.2 Å². The number of furan rings is 1. The first-order valence-corrected chi connectivity index (χ1v) is 8.01. The maximum Gasteiger partial charge on any atom is 0.339 e. The second-order valence-electron chi connectivity index (χ2n) is 4.58. The summed E-state index contributed by atoms with van der Waals surface area (Å²) >= 11 is 6.64. The van der Waals surface area contributed by atoms with Gasteiger partial charge >= 0.3 is 5.97 Å². The van der Waals surface area contributed by atoms with Crippen LogP contribution in [0, 0.1) is 0 Å². The molecule has 2 aromatic rings. The Hall–Kier alpha value is -1.27. The smallest absolute Gasteiger partial charge is 0.339 e. The number of carbonyl (C=O) groups excluding carboxylic acids is 1. The number of esters is 1. The van der Waals surface area contributed by atoms with Crippen molar-refractivity contribution in [3.05, 3.63) is 51.3 Å². The summed E-state index contributed by atoms with van der Waals surface area (Å²) < 4.78 is 12.3. The van der Waals surface area contributed by atoms with Crippen molar-refractivity contribution in [2.24, 2.45) is 0 Å². The Morgan fingerprint density at radius 2 is 1.90 bits per heavy atom. The van der Waals surface area contributed by atoms with Gasteiger partial charge in [-0.25, -0.2) is 4.79 Å². The molecule has 0 amide bonds. The Morgan fingerprint density at radius 3 is 2.43 bits per heavy atom. The van der Waals surface area contributed by atoms with Crippen LogP contribution in [-0.4, -0.2) is 12.6 Å². The highest BCUT2D eigenvalue weighted by Crippen LogP contribution is 2.31. The van der Waals surface area contributed by atoms with E-state index >= 15 is 0 Å². The van der Waals surface area contributed by atoms with E-state index in [1.165, 1.54) is 0 Å². The number of halogens is 2. The molecular weight excluding hydrogens is 402 g/mol. The van der Waals surface area contributed by atoms with Crippen LogP contribution in [0.3, 0.4) is 0 Å². The van der Waals surface area contributed by atoms with Crippen molar-refractivity contribution in [3.63, 3.8) is 0 Å². The van der Waals surface area contributed by atoms with Gasteiger partial charge in [-0.1, -0.05) is 15.9 Å². The van der Waals surface area contributed by atoms with Gasteiger partial charge in [-0.2, -0.15) is 0 Å². The molecule has 0 bridgehead atoms. The molecule has 0 radical (unpaired) electrons. The molecule has 6 heteroatoms. The molecule has 4 nitrogen and oxygen atoms in total. The third kappa shape index (κ3) is 3.68. The molecule has 0 saturated heterocycles. The Labute approximate surface area is 140 Å². The van der Waals surface area contributed by atoms with Gasteiger partial charge in [0, 0.05) is 10.2 Å². The number of carbonyl (C=O) groups is 1. The van der Waals surface area contributed by atoms with Crippen LogP contribution in [-0.2, 0) is 15.1 Å². The van der Waals surface area contributed by atoms with Gasteiger partial charge in [0.15, 0.2) is 10.2 Å². The minimum absolute atomic E-state index is 0.304. The molecular formula is C15H15Br2NO3. The van der Waals surface area contributed by atoms with Crippen LogP contribution >= 0.6 is 31.9 Å². The number of hydrogen-bond donors (Lipinski definition) is 1. The van der Waals surface area contributed by atoms with Gasteiger partial charge in [-0.15, -0.1) is 0 Å². The van der Waals surface area contributed by atoms with Crippen molar-refractivity contribution in [1.29, 1.82) is 0 Å². The average molecular weight is 417 g/mol. The van der Waals surface area contributed by atoms with Crippen molar-refractivity contribution >= 4 is 43.5 Å². The third-order valence-electron chi connectivity index (χ3n) is 2.99. The minimum atomic E-state index is -1.10. The Kier molecular flexibility index (Phi) is 5.11. The van der Waals surface area contributed by atoms with E-state index in [2.05, 4.69) is 37.2 Å². The first kappa shape index (κ1) is 16.1. The molecule has 0 saturated carbocycles. The van der Waals surface area contributed by atoms with Gasteiger partial charge in [-0.05, 0) is 66.2 Å². The zero-order valence-corrected chi connectivity index (χ0v) is 14.8. The van der Waals surface area contributed by atoms with Crippen LogP contribution < -0.4 is 5.32 Å². The predicted octanol–water partition coefficient (Wildman–Crippen LogP) is 4.70. The molecule has 0 aliphatic heterocycles. The summed E-state index contributed by atoms with van der Waals surface area (Å²) in [6.45, 7) is 3.81. The number of hydrogen-bond acceptors (Lipinski definition) is 4. The van der Waals surface area contributed by atoms with Crippen LogP contribution in [0.25, 0.3) is 0 Å². The van der Waals surface area contributed by atoms with E-state index < -0.39 is 11.5 Å². The molecule has 1 aromatic heterocycles. The Balaban J connectivity index is 2.36. The molecule has 0 aliphatic rings. The normalized spacial score (nSPS) is 13.5. The Morgan fingerprint density at radius 1 is 1.24 bits per heavy atom. The molecule has 112 valence electrons. The van der Waals surface area contributed by atoms with Crippen molar-refractivity contribution in [2.75, 3.05) is 11.9 Å². The number of benzene rings is 1. The fourth-order valence-electron chi connectivity index (χ4n) is 1.89. The number of rotatable bonds is 5. The molecule has 2 rings (SSSR count). The quantitative estimate of drug-likeness (QED) is 0.718. The monoisotopic (exact) mass is 415 g/mol. The van der Waals surface area contributed by atoms with Crippen LogP contribution in [0.5, 0.6) is 0 Å². The van der Waals surface area contributed by atoms with E-state index in [1.54, 1.807) is 26.0 Å². The lowest BCUT2D eigenvalue weighted by Crippen LogP contribution is -2.41. The highest BCUT2D eigenvalue weighted by atomic mass is 79.9. The van der Waals surface area contributed by atoms with E-state index in [9.17, 15) is 4.79 Å². The van der Waals surface area contributed by atoms with Gasteiger partial charge in [-0.3, -0.25) is 0 Å². The molecule has 1 unspecified atom stereocenters. The summed E-state index contributed by atoms with van der Waals surface area (Å²) in [6, 6.07) is 11.0. The molecule has 21 heavy (non-hydrogen) atoms. The van der Waals surface area contributed by atoms with Gasteiger partial charge < -0.3 is 14.5 Å². The Bertz CT molecular complexity index is 624. The van der Waals surface area contributed by atoms with Crippen LogP contribution in [0.4, 0.5) is 5.69 Å². The number of nitrogens with one attached hydrogen (secondary N) is 1. The molecule has 0 aliphatic carbocycles. The van der Waals surface area contributed by atoms with Gasteiger partial charge in [0.05, 0.1) is 6.61 Å². The average Bonchev–Trinajstić information content (AvgIpc) is 2.89. The lowest BCUT2D eigenvalue weighted by molar-refractivity contribution is -0.149. The van der Waals surface area contributed by atoms with Gasteiger partial charge in [0.2, 0.25) is 0 Å². The standard InChI is InChI=1S/C15H15Br2NO3/c1-3-20-14(19)15(2,12-8-9-13(17)21-12)18-11-6-4-10(16)5-7-11/h4-9,18H,3H2,1-2H3.